The van der Waals surface area contributed by atoms with Gasteiger partial charge in [-0.25, -0.2) is 4.39 Å². The molecule has 3 aromatic rings. The van der Waals surface area contributed by atoms with Crippen LogP contribution in [0.2, 0.25) is 0 Å². The Morgan fingerprint density at radius 2 is 1.89 bits per heavy atom. The number of aromatic nitrogens is 3. The first-order valence-electron chi connectivity index (χ1n) is 8.77. The molecule has 138 valence electrons. The normalized spacial score (nSPS) is 16.5. The molecule has 0 bridgehead atoms. The molecule has 1 atom stereocenters. The quantitative estimate of drug-likeness (QED) is 0.607. The molecule has 2 aromatic carbocycles. The van der Waals surface area contributed by atoms with E-state index in [1.54, 1.807) is 18.2 Å². The highest BCUT2D eigenvalue weighted by atomic mass is 32.2. The van der Waals surface area contributed by atoms with Crippen molar-refractivity contribution in [1.82, 2.24) is 14.8 Å². The maximum atomic E-state index is 14.3. The predicted octanol–water partition coefficient (Wildman–Crippen LogP) is 3.73. The topological polar surface area (TPSA) is 57.0 Å². The second kappa shape index (κ2) is 7.92. The third kappa shape index (κ3) is 3.88. The van der Waals surface area contributed by atoms with Crippen molar-refractivity contribution in [2.45, 2.75) is 29.8 Å². The van der Waals surface area contributed by atoms with Gasteiger partial charge in [-0.15, -0.1) is 10.2 Å². The van der Waals surface area contributed by atoms with E-state index in [1.807, 2.05) is 34.9 Å². The first-order chi connectivity index (χ1) is 13.2. The van der Waals surface area contributed by atoms with Crippen molar-refractivity contribution >= 4 is 17.7 Å². The molecule has 1 saturated heterocycles. The van der Waals surface area contributed by atoms with Gasteiger partial charge in [0.05, 0.1) is 12.2 Å². The second-order valence-corrected chi connectivity index (χ2v) is 7.41. The van der Waals surface area contributed by atoms with Crippen LogP contribution in [-0.4, -0.2) is 32.6 Å². The van der Waals surface area contributed by atoms with Crippen molar-refractivity contribution < 1.29 is 13.9 Å². The van der Waals surface area contributed by atoms with E-state index in [2.05, 4.69) is 10.2 Å². The second-order valence-electron chi connectivity index (χ2n) is 6.24. The number of benzene rings is 2. The van der Waals surface area contributed by atoms with E-state index in [9.17, 15) is 9.18 Å². The van der Waals surface area contributed by atoms with Crippen LogP contribution in [0.1, 0.15) is 12.0 Å². The summed E-state index contributed by atoms with van der Waals surface area (Å²) >= 11 is 1.33. The fourth-order valence-corrected chi connectivity index (χ4v) is 4.04. The summed E-state index contributed by atoms with van der Waals surface area (Å²) in [4.78, 5) is 11.8. The molecule has 1 aliphatic heterocycles. The van der Waals surface area contributed by atoms with Crippen LogP contribution in [0.5, 0.6) is 0 Å². The number of carbonyl (C=O) groups excluding carboxylic acids is 1. The maximum absolute atomic E-state index is 14.3. The van der Waals surface area contributed by atoms with Gasteiger partial charge in [-0.3, -0.25) is 4.79 Å². The molecule has 0 radical (unpaired) electrons. The van der Waals surface area contributed by atoms with Gasteiger partial charge < -0.3 is 9.30 Å². The van der Waals surface area contributed by atoms with Gasteiger partial charge in [0.2, 0.25) is 0 Å². The summed E-state index contributed by atoms with van der Waals surface area (Å²) in [5.41, 5.74) is 1.57. The molecule has 0 spiro atoms. The molecule has 1 fully saturated rings. The number of aryl methyl sites for hydroxylation is 1. The Hall–Kier alpha value is -2.67. The van der Waals surface area contributed by atoms with Gasteiger partial charge in [0.1, 0.15) is 11.1 Å². The molecular formula is C20H18FN3O2S. The molecule has 0 unspecified atom stereocenters. The summed E-state index contributed by atoms with van der Waals surface area (Å²) in [6.07, 6.45) is 1.40. The van der Waals surface area contributed by atoms with Crippen LogP contribution in [0, 0.1) is 5.82 Å². The largest absolute Gasteiger partial charge is 0.465 e. The summed E-state index contributed by atoms with van der Waals surface area (Å²) < 4.78 is 21.3. The van der Waals surface area contributed by atoms with Crippen molar-refractivity contribution in [2.24, 2.45) is 0 Å². The Bertz CT molecular complexity index is 945. The smallest absolute Gasteiger partial charge is 0.319 e. The lowest BCUT2D eigenvalue weighted by atomic mass is 10.1. The van der Waals surface area contributed by atoms with E-state index >= 15 is 0 Å². The molecule has 0 amide bonds. The minimum absolute atomic E-state index is 0.231. The highest BCUT2D eigenvalue weighted by molar-refractivity contribution is 8.00. The van der Waals surface area contributed by atoms with E-state index in [0.717, 1.165) is 6.42 Å². The zero-order valence-corrected chi connectivity index (χ0v) is 15.4. The van der Waals surface area contributed by atoms with E-state index in [4.69, 9.17) is 4.74 Å². The summed E-state index contributed by atoms with van der Waals surface area (Å²) in [5.74, 6) is -0.106. The third-order valence-electron chi connectivity index (χ3n) is 4.43. The minimum Gasteiger partial charge on any atom is -0.465 e. The molecule has 0 aliphatic carbocycles. The minimum atomic E-state index is -0.345. The number of rotatable bonds is 6. The number of halogens is 1. The van der Waals surface area contributed by atoms with E-state index in [-0.39, 0.29) is 17.0 Å². The summed E-state index contributed by atoms with van der Waals surface area (Å²) in [6, 6.07) is 16.6. The maximum Gasteiger partial charge on any atom is 0.319 e. The number of hydrogen-bond acceptors (Lipinski definition) is 5. The van der Waals surface area contributed by atoms with Gasteiger partial charge in [0.15, 0.2) is 11.0 Å². The van der Waals surface area contributed by atoms with E-state index in [0.29, 0.717) is 36.1 Å². The lowest BCUT2D eigenvalue weighted by Gasteiger charge is -2.12. The van der Waals surface area contributed by atoms with Gasteiger partial charge in [-0.1, -0.05) is 54.2 Å². The van der Waals surface area contributed by atoms with Crippen LogP contribution in [0.3, 0.4) is 0 Å². The number of hydrogen-bond donors (Lipinski definition) is 0. The van der Waals surface area contributed by atoms with Crippen molar-refractivity contribution in [3.05, 3.63) is 66.0 Å². The fourth-order valence-electron chi connectivity index (χ4n) is 3.02. The van der Waals surface area contributed by atoms with Crippen molar-refractivity contribution in [2.75, 3.05) is 6.61 Å². The summed E-state index contributed by atoms with van der Waals surface area (Å²) in [6.45, 7) is 1.01. The summed E-state index contributed by atoms with van der Waals surface area (Å²) in [5, 5.41) is 8.78. The Kier molecular flexibility index (Phi) is 5.20. The van der Waals surface area contributed by atoms with Gasteiger partial charge >= 0.3 is 5.97 Å². The van der Waals surface area contributed by atoms with Gasteiger partial charge in [-0.2, -0.15) is 0 Å². The van der Waals surface area contributed by atoms with E-state index in [1.165, 1.54) is 23.4 Å². The summed E-state index contributed by atoms with van der Waals surface area (Å²) in [7, 11) is 0. The highest BCUT2D eigenvalue weighted by Gasteiger charge is 2.30. The number of esters is 1. The molecule has 7 heteroatoms. The van der Waals surface area contributed by atoms with Gasteiger partial charge in [-0.05, 0) is 24.1 Å². The number of nitrogens with zero attached hydrogens (tertiary/aromatic N) is 3. The van der Waals surface area contributed by atoms with Crippen molar-refractivity contribution in [3.8, 4) is 11.4 Å². The number of cyclic esters (lactones) is 1. The van der Waals surface area contributed by atoms with Crippen LogP contribution in [0.4, 0.5) is 4.39 Å². The SMILES string of the molecule is O=C1OCC[C@@H]1Sc1nnc(-c2ccccc2F)n1CCc1ccccc1. The van der Waals surface area contributed by atoms with Gasteiger partial charge in [0.25, 0.3) is 0 Å². The monoisotopic (exact) mass is 383 g/mol. The van der Waals surface area contributed by atoms with E-state index < -0.39 is 0 Å². The standard InChI is InChI=1S/C20H18FN3O2S/c21-16-9-5-4-8-15(16)18-22-23-20(27-17-11-13-26-19(17)25)24(18)12-10-14-6-2-1-3-7-14/h1-9,17H,10-13H2/t17-/m0/s1. The molecule has 2 heterocycles. The Morgan fingerprint density at radius 3 is 2.63 bits per heavy atom. The van der Waals surface area contributed by atoms with Crippen LogP contribution in [-0.2, 0) is 22.5 Å². The van der Waals surface area contributed by atoms with Crippen molar-refractivity contribution in [3.63, 3.8) is 0 Å². The molecule has 1 aliphatic rings. The Morgan fingerprint density at radius 1 is 1.11 bits per heavy atom. The molecule has 4 rings (SSSR count). The van der Waals surface area contributed by atoms with Crippen molar-refractivity contribution in [1.29, 1.82) is 0 Å². The molecule has 0 N–H and O–H groups in total. The highest BCUT2D eigenvalue weighted by Crippen LogP contribution is 2.32. The number of ether oxygens (including phenoxy) is 1. The zero-order chi connectivity index (χ0) is 18.6. The Labute approximate surface area is 160 Å². The third-order valence-corrected chi connectivity index (χ3v) is 5.66. The molecule has 0 saturated carbocycles. The molecular weight excluding hydrogens is 365 g/mol. The lowest BCUT2D eigenvalue weighted by Crippen LogP contribution is -2.12. The zero-order valence-electron chi connectivity index (χ0n) is 14.5. The Balaban J connectivity index is 1.66. The average Bonchev–Trinajstić information content (AvgIpc) is 3.28. The van der Waals surface area contributed by atoms with Gasteiger partial charge in [0, 0.05) is 13.0 Å². The molecule has 27 heavy (non-hydrogen) atoms. The first-order valence-corrected chi connectivity index (χ1v) is 9.65. The first kappa shape index (κ1) is 17.7. The lowest BCUT2D eigenvalue weighted by molar-refractivity contribution is -0.137. The van der Waals surface area contributed by atoms with Crippen LogP contribution >= 0.6 is 11.8 Å². The van der Waals surface area contributed by atoms with Crippen LogP contribution in [0.15, 0.2) is 59.8 Å². The number of carbonyl (C=O) groups is 1. The number of thioether (sulfide) groups is 1. The molecule has 1 aromatic heterocycles. The van der Waals surface area contributed by atoms with Crippen LogP contribution in [0.25, 0.3) is 11.4 Å². The van der Waals surface area contributed by atoms with Crippen LogP contribution < -0.4 is 0 Å². The fraction of sp³-hybridized carbons (Fsp3) is 0.250. The average molecular weight is 383 g/mol. The molecule has 5 nitrogen and oxygen atoms in total. The predicted molar refractivity (Wildman–Crippen MR) is 101 cm³/mol.